The zero-order valence-corrected chi connectivity index (χ0v) is 16.8. The van der Waals surface area contributed by atoms with Crippen LogP contribution in [0.25, 0.3) is 0 Å². The van der Waals surface area contributed by atoms with E-state index in [0.29, 0.717) is 36.6 Å². The zero-order valence-electron chi connectivity index (χ0n) is 16.8. The van der Waals surface area contributed by atoms with Crippen molar-refractivity contribution in [2.24, 2.45) is 17.8 Å². The number of fused-ring (bicyclic) bond motifs is 1. The van der Waals surface area contributed by atoms with Gasteiger partial charge in [-0.25, -0.2) is 0 Å². The number of rotatable bonds is 7. The van der Waals surface area contributed by atoms with Gasteiger partial charge >= 0.3 is 0 Å². The first-order valence-electron chi connectivity index (χ1n) is 10.1. The molecule has 3 rings (SSSR count). The minimum absolute atomic E-state index is 0.00764. The van der Waals surface area contributed by atoms with Crippen LogP contribution in [0.1, 0.15) is 43.5 Å². The van der Waals surface area contributed by atoms with Crippen molar-refractivity contribution in [3.8, 4) is 0 Å². The van der Waals surface area contributed by atoms with Crippen LogP contribution in [0.2, 0.25) is 0 Å². The molecule has 7 nitrogen and oxygen atoms in total. The topological polar surface area (TPSA) is 95.6 Å². The van der Waals surface area contributed by atoms with E-state index in [4.69, 9.17) is 0 Å². The molecule has 1 aromatic rings. The monoisotopic (exact) mass is 397 g/mol. The average molecular weight is 397 g/mol. The van der Waals surface area contributed by atoms with Crippen LogP contribution in [0.5, 0.6) is 0 Å². The first kappa shape index (κ1) is 20.8. The number of anilines is 1. The Bertz CT molecular complexity index is 820. The Kier molecular flexibility index (Phi) is 6.46. The number of imide groups is 1. The molecule has 0 aromatic heterocycles. The number of carbonyl (C=O) groups excluding carboxylic acids is 4. The van der Waals surface area contributed by atoms with E-state index in [-0.39, 0.29) is 48.4 Å². The molecule has 7 heteroatoms. The second-order valence-electron chi connectivity index (χ2n) is 7.93. The molecule has 1 fully saturated rings. The van der Waals surface area contributed by atoms with Gasteiger partial charge in [0.15, 0.2) is 0 Å². The van der Waals surface area contributed by atoms with E-state index >= 15 is 0 Å². The van der Waals surface area contributed by atoms with Gasteiger partial charge in [0.2, 0.25) is 17.7 Å². The van der Waals surface area contributed by atoms with Crippen LogP contribution in [0.4, 0.5) is 5.69 Å². The van der Waals surface area contributed by atoms with Gasteiger partial charge in [-0.15, -0.1) is 0 Å². The highest BCUT2D eigenvalue weighted by molar-refractivity contribution is 6.06. The van der Waals surface area contributed by atoms with Crippen molar-refractivity contribution in [2.45, 2.75) is 33.1 Å². The molecular weight excluding hydrogens is 370 g/mol. The number of amides is 4. The maximum atomic E-state index is 12.5. The molecule has 2 N–H and O–H groups in total. The molecule has 2 aliphatic rings. The molecule has 4 amide bonds. The lowest BCUT2D eigenvalue weighted by Crippen LogP contribution is -2.34. The number of nitrogens with one attached hydrogen (secondary N) is 2. The fraction of sp³-hybridized carbons (Fsp3) is 0.455. The van der Waals surface area contributed by atoms with Crippen LogP contribution in [0, 0.1) is 17.8 Å². The third-order valence-corrected chi connectivity index (χ3v) is 5.28. The largest absolute Gasteiger partial charge is 0.352 e. The van der Waals surface area contributed by atoms with Crippen molar-refractivity contribution in [3.63, 3.8) is 0 Å². The Labute approximate surface area is 170 Å². The highest BCUT2D eigenvalue weighted by Gasteiger charge is 2.46. The lowest BCUT2D eigenvalue weighted by molar-refractivity contribution is -0.140. The maximum Gasteiger partial charge on any atom is 0.253 e. The van der Waals surface area contributed by atoms with E-state index in [1.807, 2.05) is 26.0 Å². The Morgan fingerprint density at radius 2 is 1.69 bits per heavy atom. The zero-order chi connectivity index (χ0) is 21.0. The van der Waals surface area contributed by atoms with Crippen LogP contribution in [0.15, 0.2) is 36.4 Å². The minimum Gasteiger partial charge on any atom is -0.352 e. The fourth-order valence-corrected chi connectivity index (χ4v) is 3.70. The summed E-state index contributed by atoms with van der Waals surface area (Å²) in [5, 5.41) is 5.57. The smallest absolute Gasteiger partial charge is 0.253 e. The van der Waals surface area contributed by atoms with Crippen molar-refractivity contribution >= 4 is 29.3 Å². The van der Waals surface area contributed by atoms with Gasteiger partial charge in [0, 0.05) is 19.5 Å². The van der Waals surface area contributed by atoms with Crippen molar-refractivity contribution in [3.05, 3.63) is 42.0 Å². The summed E-state index contributed by atoms with van der Waals surface area (Å²) in [7, 11) is 0. The van der Waals surface area contributed by atoms with E-state index < -0.39 is 0 Å². The highest BCUT2D eigenvalue weighted by atomic mass is 16.2. The second kappa shape index (κ2) is 9.03. The van der Waals surface area contributed by atoms with E-state index in [1.54, 1.807) is 24.3 Å². The van der Waals surface area contributed by atoms with E-state index in [0.717, 1.165) is 0 Å². The van der Waals surface area contributed by atoms with Gasteiger partial charge < -0.3 is 10.6 Å². The van der Waals surface area contributed by atoms with Gasteiger partial charge in [-0.05, 0) is 30.9 Å². The van der Waals surface area contributed by atoms with Crippen LogP contribution in [0.3, 0.4) is 0 Å². The number of likely N-dealkylation sites (tertiary alicyclic amines) is 1. The normalized spacial score (nSPS) is 20.7. The van der Waals surface area contributed by atoms with E-state index in [2.05, 4.69) is 10.6 Å². The third kappa shape index (κ3) is 4.72. The van der Waals surface area contributed by atoms with Crippen LogP contribution >= 0.6 is 0 Å². The van der Waals surface area contributed by atoms with Crippen molar-refractivity contribution in [1.82, 2.24) is 10.2 Å². The van der Waals surface area contributed by atoms with E-state index in [1.165, 1.54) is 4.90 Å². The standard InChI is InChI=1S/C22H27N3O4/c1-14(2)13-23-20(27)17-9-5-6-10-18(17)24-19(26)11-12-25-21(28)15-7-3-4-8-16(15)22(25)29/h3-6,9-10,14-16H,7-8,11-13H2,1-2H3,(H,23,27)(H,24,26)/t15-,16+. The summed E-state index contributed by atoms with van der Waals surface area (Å²) in [6.07, 6.45) is 5.02. The molecule has 29 heavy (non-hydrogen) atoms. The highest BCUT2D eigenvalue weighted by Crippen LogP contribution is 2.35. The van der Waals surface area contributed by atoms with Gasteiger partial charge in [0.1, 0.15) is 0 Å². The first-order chi connectivity index (χ1) is 13.9. The summed E-state index contributed by atoms with van der Waals surface area (Å²) >= 11 is 0. The Morgan fingerprint density at radius 1 is 1.07 bits per heavy atom. The molecule has 0 saturated carbocycles. The lowest BCUT2D eigenvalue weighted by Gasteiger charge is -2.15. The quantitative estimate of drug-likeness (QED) is 0.545. The predicted octanol–water partition coefficient (Wildman–Crippen LogP) is 2.35. The Morgan fingerprint density at radius 3 is 2.31 bits per heavy atom. The summed E-state index contributed by atoms with van der Waals surface area (Å²) in [5.41, 5.74) is 0.794. The Hall–Kier alpha value is -2.96. The second-order valence-corrected chi connectivity index (χ2v) is 7.93. The third-order valence-electron chi connectivity index (χ3n) is 5.28. The number of benzene rings is 1. The Balaban J connectivity index is 1.58. The van der Waals surface area contributed by atoms with Gasteiger partial charge in [0.25, 0.3) is 5.91 Å². The van der Waals surface area contributed by atoms with Crippen LogP contribution < -0.4 is 10.6 Å². The van der Waals surface area contributed by atoms with Gasteiger partial charge in [-0.3, -0.25) is 24.1 Å². The SMILES string of the molecule is CC(C)CNC(=O)c1ccccc1NC(=O)CCN1C(=O)[C@H]2CC=CC[C@H]2C1=O. The summed E-state index contributed by atoms with van der Waals surface area (Å²) < 4.78 is 0. The summed E-state index contributed by atoms with van der Waals surface area (Å²) in [6, 6.07) is 6.78. The van der Waals surface area contributed by atoms with Crippen molar-refractivity contribution in [1.29, 1.82) is 0 Å². The number of para-hydroxylation sites is 1. The lowest BCUT2D eigenvalue weighted by atomic mass is 9.85. The minimum atomic E-state index is -0.345. The van der Waals surface area contributed by atoms with Gasteiger partial charge in [-0.2, -0.15) is 0 Å². The molecule has 0 radical (unpaired) electrons. The number of hydrogen-bond acceptors (Lipinski definition) is 4. The molecule has 1 aromatic carbocycles. The molecule has 0 spiro atoms. The van der Waals surface area contributed by atoms with Crippen LogP contribution in [-0.4, -0.2) is 41.6 Å². The van der Waals surface area contributed by atoms with Gasteiger partial charge in [-0.1, -0.05) is 38.1 Å². The molecule has 0 bridgehead atoms. The number of carbonyl (C=O) groups is 4. The molecule has 2 atom stereocenters. The van der Waals surface area contributed by atoms with Crippen LogP contribution in [-0.2, 0) is 14.4 Å². The fourth-order valence-electron chi connectivity index (χ4n) is 3.70. The molecule has 1 heterocycles. The molecule has 1 aliphatic carbocycles. The molecule has 1 saturated heterocycles. The molecular formula is C22H27N3O4. The molecule has 154 valence electrons. The first-order valence-corrected chi connectivity index (χ1v) is 10.1. The number of allylic oxidation sites excluding steroid dienone is 2. The maximum absolute atomic E-state index is 12.5. The number of nitrogens with zero attached hydrogens (tertiary/aromatic N) is 1. The van der Waals surface area contributed by atoms with Gasteiger partial charge in [0.05, 0.1) is 23.1 Å². The molecule has 1 aliphatic heterocycles. The van der Waals surface area contributed by atoms with E-state index in [9.17, 15) is 19.2 Å². The van der Waals surface area contributed by atoms with Crippen molar-refractivity contribution < 1.29 is 19.2 Å². The van der Waals surface area contributed by atoms with Crippen molar-refractivity contribution in [2.75, 3.05) is 18.4 Å². The summed E-state index contributed by atoms with van der Waals surface area (Å²) in [4.78, 5) is 51.0. The average Bonchev–Trinajstić information content (AvgIpc) is 2.95. The summed E-state index contributed by atoms with van der Waals surface area (Å²) in [6.45, 7) is 4.60. The summed E-state index contributed by atoms with van der Waals surface area (Å²) in [5.74, 6) is -1.24. The molecule has 0 unspecified atom stereocenters. The predicted molar refractivity (Wildman–Crippen MR) is 109 cm³/mol. The number of hydrogen-bond donors (Lipinski definition) is 2.